The molecule has 1 aliphatic carbocycles. The van der Waals surface area contributed by atoms with Gasteiger partial charge in [-0.15, -0.1) is 11.8 Å². The number of piperidine rings is 1. The minimum Gasteiger partial charge on any atom is -0.369 e. The third-order valence-corrected chi connectivity index (χ3v) is 7.08. The minimum absolute atomic E-state index is 0.0267. The summed E-state index contributed by atoms with van der Waals surface area (Å²) in [7, 11) is 0. The van der Waals surface area contributed by atoms with E-state index in [-0.39, 0.29) is 11.8 Å². The van der Waals surface area contributed by atoms with Gasteiger partial charge in [-0.3, -0.25) is 4.79 Å². The monoisotopic (exact) mass is 332 g/mol. The second-order valence-corrected chi connectivity index (χ2v) is 8.49. The first-order chi connectivity index (χ1) is 11.1. The second kappa shape index (κ2) is 5.96. The van der Waals surface area contributed by atoms with E-state index >= 15 is 0 Å². The average molecular weight is 332 g/mol. The van der Waals surface area contributed by atoms with Crippen molar-refractivity contribution in [1.29, 1.82) is 0 Å². The number of nitrogens with zero attached hydrogens (tertiary/aromatic N) is 3. The summed E-state index contributed by atoms with van der Waals surface area (Å²) in [6, 6.07) is 0. The Labute approximate surface area is 141 Å². The van der Waals surface area contributed by atoms with Crippen LogP contribution in [0.25, 0.3) is 0 Å². The molecule has 1 saturated heterocycles. The highest BCUT2D eigenvalue weighted by molar-refractivity contribution is 8.00. The van der Waals surface area contributed by atoms with Gasteiger partial charge in [0.15, 0.2) is 0 Å². The Morgan fingerprint density at radius 2 is 2.04 bits per heavy atom. The lowest BCUT2D eigenvalue weighted by Gasteiger charge is -2.34. The van der Waals surface area contributed by atoms with Gasteiger partial charge in [0.05, 0.1) is 0 Å². The van der Waals surface area contributed by atoms with Crippen molar-refractivity contribution in [2.24, 2.45) is 17.6 Å². The number of amides is 1. The van der Waals surface area contributed by atoms with Crippen LogP contribution in [0.1, 0.15) is 50.5 Å². The van der Waals surface area contributed by atoms with Gasteiger partial charge in [0.1, 0.15) is 17.2 Å². The van der Waals surface area contributed by atoms with Crippen molar-refractivity contribution in [3.8, 4) is 0 Å². The molecule has 4 rings (SSSR count). The number of hydrogen-bond acceptors (Lipinski definition) is 5. The molecular formula is C17H24N4OS. The molecule has 124 valence electrons. The van der Waals surface area contributed by atoms with E-state index in [2.05, 4.69) is 21.8 Å². The van der Waals surface area contributed by atoms with Crippen LogP contribution in [0.5, 0.6) is 0 Å². The van der Waals surface area contributed by atoms with E-state index in [0.29, 0.717) is 11.2 Å². The molecule has 23 heavy (non-hydrogen) atoms. The highest BCUT2D eigenvalue weighted by atomic mass is 32.2. The Morgan fingerprint density at radius 3 is 2.78 bits per heavy atom. The standard InChI is InChI=1S/C17H24N4OS/c1-10-2-3-12-13(8-10)23-17-14(12)16(19-9-20-17)21-6-4-11(5-7-21)15(18)22/h9-13H,2-8H2,1H3,(H2,18,22). The lowest BCUT2D eigenvalue weighted by Crippen LogP contribution is -2.39. The molecule has 0 spiro atoms. The molecule has 0 bridgehead atoms. The summed E-state index contributed by atoms with van der Waals surface area (Å²) >= 11 is 1.96. The maximum atomic E-state index is 11.4. The Bertz CT molecular complexity index is 615. The Kier molecular flexibility index (Phi) is 3.95. The van der Waals surface area contributed by atoms with E-state index in [1.165, 1.54) is 29.9 Å². The average Bonchev–Trinajstić information content (AvgIpc) is 2.92. The third kappa shape index (κ3) is 2.71. The van der Waals surface area contributed by atoms with E-state index in [4.69, 9.17) is 5.73 Å². The lowest BCUT2D eigenvalue weighted by molar-refractivity contribution is -0.122. The molecule has 0 aromatic carbocycles. The summed E-state index contributed by atoms with van der Waals surface area (Å²) in [5, 5.41) is 1.86. The number of anilines is 1. The van der Waals surface area contributed by atoms with Crippen LogP contribution < -0.4 is 10.6 Å². The van der Waals surface area contributed by atoms with Gasteiger partial charge in [0.2, 0.25) is 5.91 Å². The molecule has 2 N–H and O–H groups in total. The molecule has 1 amide bonds. The number of carbonyl (C=O) groups is 1. The predicted octanol–water partition coefficient (Wildman–Crippen LogP) is 2.56. The first kappa shape index (κ1) is 15.2. The molecule has 0 radical (unpaired) electrons. The second-order valence-electron chi connectivity index (χ2n) is 7.26. The van der Waals surface area contributed by atoms with Crippen molar-refractivity contribution in [3.63, 3.8) is 0 Å². The maximum Gasteiger partial charge on any atom is 0.220 e. The molecule has 6 heteroatoms. The summed E-state index contributed by atoms with van der Waals surface area (Å²) in [4.78, 5) is 22.9. The van der Waals surface area contributed by atoms with Gasteiger partial charge in [-0.2, -0.15) is 0 Å². The van der Waals surface area contributed by atoms with Gasteiger partial charge in [0.25, 0.3) is 0 Å². The zero-order valence-electron chi connectivity index (χ0n) is 13.6. The molecule has 1 aromatic rings. The maximum absolute atomic E-state index is 11.4. The molecule has 2 aliphatic heterocycles. The molecule has 3 heterocycles. The van der Waals surface area contributed by atoms with Crippen LogP contribution in [0.3, 0.4) is 0 Å². The van der Waals surface area contributed by atoms with Crippen LogP contribution >= 0.6 is 11.8 Å². The fourth-order valence-corrected chi connectivity index (χ4v) is 5.97. The number of thioether (sulfide) groups is 1. The predicted molar refractivity (Wildman–Crippen MR) is 91.6 cm³/mol. The Balaban J connectivity index is 1.58. The van der Waals surface area contributed by atoms with E-state index < -0.39 is 0 Å². The first-order valence-electron chi connectivity index (χ1n) is 8.69. The fraction of sp³-hybridized carbons (Fsp3) is 0.706. The van der Waals surface area contributed by atoms with Crippen molar-refractivity contribution in [3.05, 3.63) is 11.9 Å². The zero-order chi connectivity index (χ0) is 16.0. The van der Waals surface area contributed by atoms with E-state index in [1.54, 1.807) is 6.33 Å². The van der Waals surface area contributed by atoms with Crippen LogP contribution in [0.15, 0.2) is 11.4 Å². The molecule has 3 unspecified atom stereocenters. The summed E-state index contributed by atoms with van der Waals surface area (Å²) in [5.41, 5.74) is 6.84. The molecule has 3 atom stereocenters. The van der Waals surface area contributed by atoms with Gasteiger partial charge in [-0.1, -0.05) is 13.3 Å². The number of nitrogens with two attached hydrogens (primary N) is 1. The molecule has 3 aliphatic rings. The quantitative estimate of drug-likeness (QED) is 0.843. The number of aromatic nitrogens is 2. The normalized spacial score (nSPS) is 30.8. The SMILES string of the molecule is CC1CCC2c3c(ncnc3N3CCC(C(N)=O)CC3)SC2C1. The summed E-state index contributed by atoms with van der Waals surface area (Å²) in [5.74, 6) is 2.41. The van der Waals surface area contributed by atoms with Crippen molar-refractivity contribution >= 4 is 23.5 Å². The van der Waals surface area contributed by atoms with Crippen molar-refractivity contribution in [2.45, 2.75) is 55.2 Å². The number of rotatable bonds is 2. The van der Waals surface area contributed by atoms with Crippen LogP contribution in [0.2, 0.25) is 0 Å². The third-order valence-electron chi connectivity index (χ3n) is 5.71. The molecule has 5 nitrogen and oxygen atoms in total. The number of carbonyl (C=O) groups excluding carboxylic acids is 1. The Morgan fingerprint density at radius 1 is 1.26 bits per heavy atom. The summed E-state index contributed by atoms with van der Waals surface area (Å²) in [6.07, 6.45) is 7.24. The van der Waals surface area contributed by atoms with Crippen LogP contribution in [-0.2, 0) is 4.79 Å². The van der Waals surface area contributed by atoms with Crippen molar-refractivity contribution in [1.82, 2.24) is 9.97 Å². The number of hydrogen-bond donors (Lipinski definition) is 1. The van der Waals surface area contributed by atoms with Crippen LogP contribution in [0, 0.1) is 11.8 Å². The largest absolute Gasteiger partial charge is 0.369 e. The van der Waals surface area contributed by atoms with E-state index in [9.17, 15) is 4.79 Å². The van der Waals surface area contributed by atoms with Crippen LogP contribution in [0.4, 0.5) is 5.82 Å². The van der Waals surface area contributed by atoms with Crippen LogP contribution in [-0.4, -0.2) is 34.2 Å². The van der Waals surface area contributed by atoms with Gasteiger partial charge in [-0.05, 0) is 31.6 Å². The molecule has 2 fully saturated rings. The zero-order valence-corrected chi connectivity index (χ0v) is 14.4. The van der Waals surface area contributed by atoms with Gasteiger partial charge in [-0.25, -0.2) is 9.97 Å². The smallest absolute Gasteiger partial charge is 0.220 e. The topological polar surface area (TPSA) is 72.1 Å². The number of fused-ring (bicyclic) bond motifs is 3. The highest BCUT2D eigenvalue weighted by Gasteiger charge is 2.41. The number of primary amides is 1. The molecular weight excluding hydrogens is 308 g/mol. The Hall–Kier alpha value is -1.30. The van der Waals surface area contributed by atoms with Crippen molar-refractivity contribution < 1.29 is 4.79 Å². The minimum atomic E-state index is -0.158. The summed E-state index contributed by atoms with van der Waals surface area (Å²) in [6.45, 7) is 4.10. The summed E-state index contributed by atoms with van der Waals surface area (Å²) < 4.78 is 0. The van der Waals surface area contributed by atoms with Gasteiger partial charge >= 0.3 is 0 Å². The van der Waals surface area contributed by atoms with Gasteiger partial charge in [0, 0.05) is 35.7 Å². The lowest BCUT2D eigenvalue weighted by atomic mass is 9.79. The van der Waals surface area contributed by atoms with Crippen molar-refractivity contribution in [2.75, 3.05) is 18.0 Å². The van der Waals surface area contributed by atoms with Gasteiger partial charge < -0.3 is 10.6 Å². The molecule has 1 aromatic heterocycles. The van der Waals surface area contributed by atoms with E-state index in [0.717, 1.165) is 37.7 Å². The highest BCUT2D eigenvalue weighted by Crippen LogP contribution is 2.54. The van der Waals surface area contributed by atoms with E-state index in [1.807, 2.05) is 11.8 Å². The molecule has 1 saturated carbocycles. The fourth-order valence-electron chi connectivity index (χ4n) is 4.35. The first-order valence-corrected chi connectivity index (χ1v) is 9.57.